The maximum Gasteiger partial charge on any atom is 0.310 e. The smallest absolute Gasteiger partial charge is 0.310 e. The van der Waals surface area contributed by atoms with E-state index in [0.717, 1.165) is 17.7 Å². The Hall–Kier alpha value is -1.93. The van der Waals surface area contributed by atoms with E-state index in [9.17, 15) is 19.5 Å². The summed E-state index contributed by atoms with van der Waals surface area (Å²) in [5.41, 5.74) is 5.66. The summed E-state index contributed by atoms with van der Waals surface area (Å²) in [5, 5.41) is 12.5. The van der Waals surface area contributed by atoms with Crippen molar-refractivity contribution in [1.29, 1.82) is 0 Å². The van der Waals surface area contributed by atoms with Crippen molar-refractivity contribution in [3.8, 4) is 0 Å². The Labute approximate surface area is 143 Å². The van der Waals surface area contributed by atoms with Crippen molar-refractivity contribution in [3.63, 3.8) is 0 Å². The summed E-state index contributed by atoms with van der Waals surface area (Å²) in [4.78, 5) is 36.7. The molecule has 3 rings (SSSR count). The number of fused-ring (bicyclic) bond motifs is 2. The number of primary amides is 1. The minimum absolute atomic E-state index is 0.271. The zero-order valence-electron chi connectivity index (χ0n) is 13.3. The van der Waals surface area contributed by atoms with Crippen LogP contribution in [-0.4, -0.2) is 35.1 Å². The number of nitrogens with one attached hydrogen (secondary N) is 1. The molecule has 2 amide bonds. The second-order valence-corrected chi connectivity index (χ2v) is 7.38. The van der Waals surface area contributed by atoms with E-state index in [0.29, 0.717) is 17.8 Å². The van der Waals surface area contributed by atoms with E-state index >= 15 is 0 Å². The molecule has 0 aromatic carbocycles. The number of rotatable bonds is 6. The fraction of sp³-hybridized carbons (Fsp3) is 0.562. The van der Waals surface area contributed by atoms with Crippen molar-refractivity contribution in [2.45, 2.75) is 44.8 Å². The second-order valence-electron chi connectivity index (χ2n) is 6.24. The molecule has 3 heterocycles. The molecule has 4 atom stereocenters. The number of hydrogen-bond donors (Lipinski definition) is 3. The summed E-state index contributed by atoms with van der Waals surface area (Å²) >= 11 is 1.31. The van der Waals surface area contributed by atoms with Crippen LogP contribution in [0.3, 0.4) is 0 Å². The number of ether oxygens (including phenoxy) is 1. The van der Waals surface area contributed by atoms with Crippen molar-refractivity contribution in [3.05, 3.63) is 16.5 Å². The van der Waals surface area contributed by atoms with Gasteiger partial charge < -0.3 is 20.9 Å². The molecule has 7 nitrogen and oxygen atoms in total. The Balaban J connectivity index is 1.82. The van der Waals surface area contributed by atoms with Gasteiger partial charge in [-0.3, -0.25) is 14.4 Å². The van der Waals surface area contributed by atoms with Gasteiger partial charge in [0.05, 0.1) is 29.6 Å². The van der Waals surface area contributed by atoms with Crippen LogP contribution in [0.1, 0.15) is 41.4 Å². The maximum absolute atomic E-state index is 12.7. The summed E-state index contributed by atoms with van der Waals surface area (Å²) in [6.45, 7) is 2.02. The van der Waals surface area contributed by atoms with Crippen LogP contribution in [0, 0.1) is 11.8 Å². The molecule has 2 aliphatic rings. The third-order valence-corrected chi connectivity index (χ3v) is 5.75. The molecule has 1 aromatic heterocycles. The molecule has 0 radical (unpaired) electrons. The lowest BCUT2D eigenvalue weighted by atomic mass is 9.79. The first-order chi connectivity index (χ1) is 11.4. The Morgan fingerprint density at radius 2 is 2.00 bits per heavy atom. The fourth-order valence-electron chi connectivity index (χ4n) is 3.61. The lowest BCUT2D eigenvalue weighted by Gasteiger charge is -2.23. The molecule has 2 saturated heterocycles. The molecule has 8 heteroatoms. The zero-order valence-corrected chi connectivity index (χ0v) is 14.1. The minimum Gasteiger partial charge on any atom is -0.481 e. The van der Waals surface area contributed by atoms with Crippen LogP contribution < -0.4 is 11.1 Å². The van der Waals surface area contributed by atoms with E-state index in [1.54, 1.807) is 6.07 Å². The molecule has 24 heavy (non-hydrogen) atoms. The average molecular weight is 352 g/mol. The molecule has 2 bridgehead atoms. The van der Waals surface area contributed by atoms with Crippen molar-refractivity contribution >= 4 is 34.1 Å². The number of aliphatic carboxylic acids is 1. The maximum atomic E-state index is 12.7. The number of amides is 2. The Kier molecular flexibility index (Phi) is 4.60. The van der Waals surface area contributed by atoms with E-state index in [4.69, 9.17) is 10.5 Å². The highest BCUT2D eigenvalue weighted by Gasteiger charge is 2.55. The molecule has 2 aliphatic heterocycles. The van der Waals surface area contributed by atoms with Crippen LogP contribution in [0.15, 0.2) is 6.07 Å². The number of aryl methyl sites for hydroxylation is 1. The van der Waals surface area contributed by atoms with Gasteiger partial charge in [0.25, 0.3) is 5.91 Å². The number of anilines is 1. The van der Waals surface area contributed by atoms with Gasteiger partial charge in [-0.25, -0.2) is 0 Å². The van der Waals surface area contributed by atoms with Crippen molar-refractivity contribution in [1.82, 2.24) is 0 Å². The first-order valence-corrected chi connectivity index (χ1v) is 8.85. The highest BCUT2D eigenvalue weighted by Crippen LogP contribution is 2.44. The summed E-state index contributed by atoms with van der Waals surface area (Å²) in [7, 11) is 0. The molecule has 2 fully saturated rings. The van der Waals surface area contributed by atoms with Crippen molar-refractivity contribution < 1.29 is 24.2 Å². The van der Waals surface area contributed by atoms with Gasteiger partial charge in [0.2, 0.25) is 5.91 Å². The monoisotopic (exact) mass is 352 g/mol. The van der Waals surface area contributed by atoms with E-state index in [1.165, 1.54) is 11.3 Å². The molecule has 4 N–H and O–H groups in total. The van der Waals surface area contributed by atoms with Crippen LogP contribution in [-0.2, 0) is 20.7 Å². The summed E-state index contributed by atoms with van der Waals surface area (Å²) in [6, 6.07) is 1.69. The van der Waals surface area contributed by atoms with Crippen molar-refractivity contribution in [2.75, 3.05) is 5.32 Å². The third-order valence-electron chi connectivity index (χ3n) is 4.64. The van der Waals surface area contributed by atoms with Gasteiger partial charge in [0, 0.05) is 4.88 Å². The topological polar surface area (TPSA) is 119 Å². The Bertz CT molecular complexity index is 686. The van der Waals surface area contributed by atoms with Gasteiger partial charge in [0.1, 0.15) is 5.00 Å². The van der Waals surface area contributed by atoms with Gasteiger partial charge in [-0.05, 0) is 25.3 Å². The lowest BCUT2D eigenvalue weighted by Crippen LogP contribution is -2.41. The highest BCUT2D eigenvalue weighted by atomic mass is 32.1. The van der Waals surface area contributed by atoms with Crippen LogP contribution in [0.2, 0.25) is 0 Å². The highest BCUT2D eigenvalue weighted by molar-refractivity contribution is 7.16. The average Bonchev–Trinajstić information content (AvgIpc) is 3.20. The largest absolute Gasteiger partial charge is 0.481 e. The van der Waals surface area contributed by atoms with Crippen LogP contribution >= 0.6 is 11.3 Å². The summed E-state index contributed by atoms with van der Waals surface area (Å²) < 4.78 is 5.61. The van der Waals surface area contributed by atoms with Gasteiger partial charge in [-0.1, -0.05) is 13.3 Å². The molecule has 0 unspecified atom stereocenters. The molecular formula is C16H20N2O5S. The standard InChI is InChI=1S/C16H20N2O5S/c1-2-3-7-6-8(13(17)19)15(24-7)18-14(20)11-9-4-5-10(23-9)12(11)16(21)22/h6,9-12H,2-5H2,1H3,(H2,17,19)(H,18,20)(H,21,22)/t9-,10-,11+,12-/m0/s1. The zero-order chi connectivity index (χ0) is 17.4. The number of carboxylic acids is 1. The Morgan fingerprint density at radius 1 is 1.33 bits per heavy atom. The quantitative estimate of drug-likeness (QED) is 0.719. The van der Waals surface area contributed by atoms with Crippen LogP contribution in [0.25, 0.3) is 0 Å². The first kappa shape index (κ1) is 16.9. The normalized spacial score (nSPS) is 28.0. The number of carboxylic acid groups (broad SMARTS) is 1. The van der Waals surface area contributed by atoms with E-state index < -0.39 is 35.7 Å². The molecule has 0 aliphatic carbocycles. The van der Waals surface area contributed by atoms with Gasteiger partial charge in [0.15, 0.2) is 0 Å². The fourth-order valence-corrected chi connectivity index (χ4v) is 4.77. The number of thiophene rings is 1. The minimum atomic E-state index is -1.02. The number of carbonyl (C=O) groups excluding carboxylic acids is 2. The van der Waals surface area contributed by atoms with E-state index in [-0.39, 0.29) is 11.7 Å². The van der Waals surface area contributed by atoms with Crippen molar-refractivity contribution in [2.24, 2.45) is 17.6 Å². The Morgan fingerprint density at radius 3 is 2.58 bits per heavy atom. The number of nitrogens with two attached hydrogens (primary N) is 1. The SMILES string of the molecule is CCCc1cc(C(N)=O)c(NC(=O)[C@H]2[C@@H](C(=O)O)[C@@H]3CC[C@@H]2O3)s1. The molecule has 1 aromatic rings. The molecular weight excluding hydrogens is 332 g/mol. The van der Waals surface area contributed by atoms with Gasteiger partial charge in [-0.2, -0.15) is 0 Å². The molecule has 0 spiro atoms. The first-order valence-electron chi connectivity index (χ1n) is 8.04. The van der Waals surface area contributed by atoms with E-state index in [2.05, 4.69) is 5.32 Å². The summed E-state index contributed by atoms with van der Waals surface area (Å²) in [5.74, 6) is -3.62. The third kappa shape index (κ3) is 2.91. The molecule has 130 valence electrons. The number of carbonyl (C=O) groups is 3. The van der Waals surface area contributed by atoms with Crippen LogP contribution in [0.4, 0.5) is 5.00 Å². The van der Waals surface area contributed by atoms with E-state index in [1.807, 2.05) is 6.92 Å². The van der Waals surface area contributed by atoms with Crippen LogP contribution in [0.5, 0.6) is 0 Å². The molecule has 0 saturated carbocycles. The second kappa shape index (κ2) is 6.52. The van der Waals surface area contributed by atoms with Gasteiger partial charge >= 0.3 is 5.97 Å². The van der Waals surface area contributed by atoms with Gasteiger partial charge in [-0.15, -0.1) is 11.3 Å². The number of hydrogen-bond acceptors (Lipinski definition) is 5. The summed E-state index contributed by atoms with van der Waals surface area (Å²) in [6.07, 6.45) is 2.27. The lowest BCUT2D eigenvalue weighted by molar-refractivity contribution is -0.147. The predicted octanol–water partition coefficient (Wildman–Crippen LogP) is 1.62. The predicted molar refractivity (Wildman–Crippen MR) is 88.0 cm³/mol.